The number of rotatable bonds is 6. The first kappa shape index (κ1) is 14.8. The summed E-state index contributed by atoms with van der Waals surface area (Å²) in [5.41, 5.74) is 0. The monoisotopic (exact) mass is 256 g/mol. The van der Waals surface area contributed by atoms with E-state index in [1.54, 1.807) is 0 Å². The molecule has 0 radical (unpaired) electrons. The van der Waals surface area contributed by atoms with Crippen LogP contribution in [-0.2, 0) is 4.79 Å². The number of aliphatic carboxylic acids is 1. The molecule has 1 saturated carbocycles. The predicted molar refractivity (Wildman–Crippen MR) is 69.5 cm³/mol. The highest BCUT2D eigenvalue weighted by Gasteiger charge is 2.25. The summed E-state index contributed by atoms with van der Waals surface area (Å²) < 4.78 is 0. The molecular weight excluding hydrogens is 232 g/mol. The van der Waals surface area contributed by atoms with Gasteiger partial charge in [0.25, 0.3) is 0 Å². The van der Waals surface area contributed by atoms with Crippen molar-refractivity contribution < 1.29 is 14.7 Å². The Hall–Kier alpha value is -1.26. The number of hydrogen-bond acceptors (Lipinski definition) is 2. The number of hydrogen-bond donors (Lipinski definition) is 2. The van der Waals surface area contributed by atoms with Gasteiger partial charge < -0.3 is 15.3 Å². The lowest BCUT2D eigenvalue weighted by atomic mass is 10.0. The van der Waals surface area contributed by atoms with Gasteiger partial charge in [-0.2, -0.15) is 0 Å². The fourth-order valence-corrected chi connectivity index (χ4v) is 2.55. The predicted octanol–water partition coefficient (Wildman–Crippen LogP) is 2.07. The summed E-state index contributed by atoms with van der Waals surface area (Å²) in [4.78, 5) is 24.1. The van der Waals surface area contributed by atoms with Crippen LogP contribution in [0.1, 0.15) is 46.0 Å². The molecule has 0 aromatic carbocycles. The Labute approximate surface area is 109 Å². The van der Waals surface area contributed by atoms with E-state index in [1.165, 1.54) is 17.7 Å². The van der Waals surface area contributed by atoms with E-state index in [2.05, 4.69) is 5.32 Å². The van der Waals surface area contributed by atoms with Gasteiger partial charge >= 0.3 is 12.0 Å². The van der Waals surface area contributed by atoms with Crippen molar-refractivity contribution in [3.63, 3.8) is 0 Å². The number of nitrogens with one attached hydrogen (secondary N) is 1. The van der Waals surface area contributed by atoms with Crippen molar-refractivity contribution in [2.75, 3.05) is 13.1 Å². The Kier molecular flexibility index (Phi) is 5.95. The quantitative estimate of drug-likeness (QED) is 0.764. The van der Waals surface area contributed by atoms with Crippen LogP contribution in [0.3, 0.4) is 0 Å². The van der Waals surface area contributed by atoms with Crippen molar-refractivity contribution in [2.24, 2.45) is 5.92 Å². The smallest absolute Gasteiger partial charge is 0.323 e. The third-order valence-electron chi connectivity index (χ3n) is 3.56. The molecule has 5 nitrogen and oxygen atoms in total. The molecule has 1 fully saturated rings. The van der Waals surface area contributed by atoms with Gasteiger partial charge in [-0.1, -0.05) is 19.8 Å². The van der Waals surface area contributed by atoms with Crippen LogP contribution in [0.15, 0.2) is 0 Å². The zero-order chi connectivity index (χ0) is 13.5. The molecule has 0 saturated heterocycles. The second-order valence-corrected chi connectivity index (χ2v) is 5.10. The normalized spacial score (nSPS) is 17.4. The Morgan fingerprint density at radius 2 is 2.00 bits per heavy atom. The highest BCUT2D eigenvalue weighted by Crippen LogP contribution is 2.27. The maximum atomic E-state index is 12.0. The molecule has 5 heteroatoms. The number of carbonyl (C=O) groups excluding carboxylic acids is 1. The molecular formula is C13H24N2O3. The number of nitrogens with zero attached hydrogens (tertiary/aromatic N) is 1. The fourth-order valence-electron chi connectivity index (χ4n) is 2.55. The van der Waals surface area contributed by atoms with Gasteiger partial charge in [0.05, 0.1) is 0 Å². The van der Waals surface area contributed by atoms with Crippen molar-refractivity contribution >= 4 is 12.0 Å². The molecule has 0 aliphatic heterocycles. The van der Waals surface area contributed by atoms with E-state index in [-0.39, 0.29) is 18.6 Å². The lowest BCUT2D eigenvalue weighted by molar-refractivity contribution is -0.137. The molecule has 0 spiro atoms. The zero-order valence-electron chi connectivity index (χ0n) is 11.3. The van der Waals surface area contributed by atoms with Crippen LogP contribution in [-0.4, -0.2) is 41.1 Å². The largest absolute Gasteiger partial charge is 0.480 e. The van der Waals surface area contributed by atoms with Crippen LogP contribution in [0, 0.1) is 5.92 Å². The molecule has 2 amide bonds. The molecule has 0 aromatic heterocycles. The molecule has 1 rings (SSSR count). The summed E-state index contributed by atoms with van der Waals surface area (Å²) in [6.45, 7) is 4.20. The topological polar surface area (TPSA) is 69.6 Å². The minimum Gasteiger partial charge on any atom is -0.480 e. The number of carboxylic acids is 1. The van der Waals surface area contributed by atoms with E-state index in [4.69, 9.17) is 5.11 Å². The van der Waals surface area contributed by atoms with E-state index in [9.17, 15) is 9.59 Å². The number of amides is 2. The minimum atomic E-state index is -0.966. The highest BCUT2D eigenvalue weighted by atomic mass is 16.4. The minimum absolute atomic E-state index is 0.133. The lowest BCUT2D eigenvalue weighted by Crippen LogP contribution is -2.47. The number of urea groups is 1. The second kappa shape index (κ2) is 7.24. The average molecular weight is 256 g/mol. The Morgan fingerprint density at radius 1 is 1.39 bits per heavy atom. The van der Waals surface area contributed by atoms with Crippen LogP contribution in [0.25, 0.3) is 0 Å². The van der Waals surface area contributed by atoms with Crippen LogP contribution in [0.4, 0.5) is 4.79 Å². The maximum absolute atomic E-state index is 12.0. The van der Waals surface area contributed by atoms with Crippen molar-refractivity contribution in [3.8, 4) is 0 Å². The second-order valence-electron chi connectivity index (χ2n) is 5.10. The highest BCUT2D eigenvalue weighted by molar-refractivity contribution is 5.80. The Morgan fingerprint density at radius 3 is 2.50 bits per heavy atom. The molecule has 1 atom stereocenters. The van der Waals surface area contributed by atoms with Crippen molar-refractivity contribution in [1.82, 2.24) is 10.2 Å². The molecule has 1 aliphatic rings. The van der Waals surface area contributed by atoms with E-state index < -0.39 is 5.97 Å². The van der Waals surface area contributed by atoms with Gasteiger partial charge in [-0.3, -0.25) is 4.79 Å². The Bertz CT molecular complexity index is 288. The molecule has 1 aliphatic carbocycles. The lowest BCUT2D eigenvalue weighted by Gasteiger charge is -2.26. The number of carbonyl (C=O) groups is 2. The summed E-state index contributed by atoms with van der Waals surface area (Å²) in [6.07, 6.45) is 5.55. The Balaban J connectivity index is 2.46. The molecule has 1 unspecified atom stereocenters. The van der Waals surface area contributed by atoms with Crippen LogP contribution in [0.5, 0.6) is 0 Å². The van der Waals surface area contributed by atoms with Crippen LogP contribution in [0.2, 0.25) is 0 Å². The van der Waals surface area contributed by atoms with Crippen molar-refractivity contribution in [2.45, 2.75) is 52.0 Å². The standard InChI is InChI=1S/C13H24N2O3/c1-3-8-15(9-12(16)17)13(18)14-10(2)11-6-4-5-7-11/h10-11H,3-9H2,1-2H3,(H,14,18)(H,16,17). The maximum Gasteiger partial charge on any atom is 0.323 e. The summed E-state index contributed by atoms with van der Waals surface area (Å²) in [5.74, 6) is -0.422. The molecule has 0 heterocycles. The molecule has 0 aromatic rings. The SMILES string of the molecule is CCCN(CC(=O)O)C(=O)NC(C)C1CCCC1. The van der Waals surface area contributed by atoms with E-state index in [1.807, 2.05) is 13.8 Å². The summed E-state index contributed by atoms with van der Waals surface area (Å²) >= 11 is 0. The summed E-state index contributed by atoms with van der Waals surface area (Å²) in [5, 5.41) is 11.7. The van der Waals surface area contributed by atoms with Gasteiger partial charge in [0.2, 0.25) is 0 Å². The fraction of sp³-hybridized carbons (Fsp3) is 0.846. The molecule has 0 bridgehead atoms. The summed E-state index contributed by atoms with van der Waals surface area (Å²) in [7, 11) is 0. The van der Waals surface area contributed by atoms with E-state index in [0.717, 1.165) is 19.3 Å². The van der Waals surface area contributed by atoms with Gasteiger partial charge in [-0.05, 0) is 32.1 Å². The first-order valence-electron chi connectivity index (χ1n) is 6.81. The van der Waals surface area contributed by atoms with Gasteiger partial charge in [-0.25, -0.2) is 4.79 Å². The van der Waals surface area contributed by atoms with Gasteiger partial charge in [0.1, 0.15) is 6.54 Å². The zero-order valence-corrected chi connectivity index (χ0v) is 11.3. The van der Waals surface area contributed by atoms with Crippen molar-refractivity contribution in [1.29, 1.82) is 0 Å². The summed E-state index contributed by atoms with van der Waals surface area (Å²) in [6, 6.07) is -0.119. The van der Waals surface area contributed by atoms with Crippen LogP contribution >= 0.6 is 0 Å². The van der Waals surface area contributed by atoms with E-state index in [0.29, 0.717) is 12.5 Å². The van der Waals surface area contributed by atoms with Gasteiger partial charge in [0, 0.05) is 12.6 Å². The first-order valence-corrected chi connectivity index (χ1v) is 6.81. The van der Waals surface area contributed by atoms with Gasteiger partial charge in [-0.15, -0.1) is 0 Å². The molecule has 2 N–H and O–H groups in total. The molecule has 104 valence electrons. The average Bonchev–Trinajstić information content (AvgIpc) is 2.81. The first-order chi connectivity index (χ1) is 8.54. The van der Waals surface area contributed by atoms with Crippen molar-refractivity contribution in [3.05, 3.63) is 0 Å². The van der Waals surface area contributed by atoms with Gasteiger partial charge in [0.15, 0.2) is 0 Å². The van der Waals surface area contributed by atoms with Crippen LogP contribution < -0.4 is 5.32 Å². The molecule has 18 heavy (non-hydrogen) atoms. The number of carboxylic acid groups (broad SMARTS) is 1. The third-order valence-corrected chi connectivity index (χ3v) is 3.56. The van der Waals surface area contributed by atoms with E-state index >= 15 is 0 Å². The third kappa shape index (κ3) is 4.55.